The topological polar surface area (TPSA) is 95.2 Å². The van der Waals surface area contributed by atoms with Gasteiger partial charge in [-0.3, -0.25) is 0 Å². The van der Waals surface area contributed by atoms with Gasteiger partial charge in [0.05, 0.1) is 47.9 Å². The van der Waals surface area contributed by atoms with Gasteiger partial charge in [-0.05, 0) is 83.9 Å². The van der Waals surface area contributed by atoms with Crippen LogP contribution in [0.1, 0.15) is 67.2 Å². The van der Waals surface area contributed by atoms with Crippen LogP contribution in [0.5, 0.6) is 0 Å². The van der Waals surface area contributed by atoms with Crippen molar-refractivity contribution in [2.24, 2.45) is 81.8 Å². The molecular weight excluding hydrogens is 392 g/mol. The molecule has 4 nitrogen and oxygen atoms in total. The van der Waals surface area contributed by atoms with Crippen LogP contribution >= 0.6 is 0 Å². The summed E-state index contributed by atoms with van der Waals surface area (Å²) in [6.45, 7) is 13.6. The van der Waals surface area contributed by atoms with E-state index >= 15 is 0 Å². The van der Waals surface area contributed by atoms with E-state index in [1.807, 2.05) is 0 Å². The predicted octanol–water partition coefficient (Wildman–Crippen LogP) is 6.18. The van der Waals surface area contributed by atoms with Crippen molar-refractivity contribution in [2.75, 3.05) is 0 Å². The van der Waals surface area contributed by atoms with Crippen molar-refractivity contribution in [3.05, 3.63) is 0 Å². The van der Waals surface area contributed by atoms with Crippen molar-refractivity contribution in [3.8, 4) is 24.3 Å². The zero-order chi connectivity index (χ0) is 23.6. The summed E-state index contributed by atoms with van der Waals surface area (Å²) in [6, 6.07) is 10.4. The van der Waals surface area contributed by atoms with E-state index in [4.69, 9.17) is 0 Å². The second kappa shape index (κ2) is 7.78. The van der Waals surface area contributed by atoms with E-state index in [0.717, 1.165) is 25.7 Å². The van der Waals surface area contributed by atoms with E-state index in [0.29, 0.717) is 23.7 Å². The zero-order valence-electron chi connectivity index (χ0n) is 20.5. The lowest BCUT2D eigenvalue weighted by Gasteiger charge is -2.65. The Morgan fingerprint density at radius 2 is 0.688 bits per heavy atom. The molecule has 0 saturated heterocycles. The number of rotatable bonds is 0. The predicted molar refractivity (Wildman–Crippen MR) is 122 cm³/mol. The fourth-order valence-electron chi connectivity index (χ4n) is 8.64. The molecular formula is C28H38N4. The van der Waals surface area contributed by atoms with E-state index in [2.05, 4.69) is 65.8 Å². The second-order valence-corrected chi connectivity index (χ2v) is 13.5. The molecule has 0 N–H and O–H groups in total. The highest BCUT2D eigenvalue weighted by atomic mass is 14.7. The van der Waals surface area contributed by atoms with Crippen LogP contribution in [0.25, 0.3) is 0 Å². The molecule has 4 aliphatic carbocycles. The summed E-state index contributed by atoms with van der Waals surface area (Å²) in [5.41, 5.74) is 0.180. The molecule has 32 heavy (non-hydrogen) atoms. The quantitative estimate of drug-likeness (QED) is 0.458. The Morgan fingerprint density at radius 1 is 0.469 bits per heavy atom. The lowest BCUT2D eigenvalue weighted by molar-refractivity contribution is -0.168. The molecule has 4 rings (SSSR count). The normalized spacial score (nSPS) is 47.7. The largest absolute Gasteiger partial charge is 0.198 e. The highest BCUT2D eigenvalue weighted by Gasteiger charge is 2.65. The highest BCUT2D eigenvalue weighted by Crippen LogP contribution is 2.68. The summed E-state index contributed by atoms with van der Waals surface area (Å²) < 4.78 is 0. The van der Waals surface area contributed by atoms with Gasteiger partial charge in [-0.1, -0.05) is 41.5 Å². The zero-order valence-corrected chi connectivity index (χ0v) is 20.5. The maximum Gasteiger partial charge on any atom is 0.0672 e. The lowest BCUT2D eigenvalue weighted by Crippen LogP contribution is -2.62. The van der Waals surface area contributed by atoms with Gasteiger partial charge in [-0.25, -0.2) is 0 Å². The second-order valence-electron chi connectivity index (χ2n) is 13.5. The molecule has 4 saturated carbocycles. The van der Waals surface area contributed by atoms with Crippen molar-refractivity contribution in [3.63, 3.8) is 0 Å². The van der Waals surface area contributed by atoms with E-state index < -0.39 is 0 Å². The minimum Gasteiger partial charge on any atom is -0.198 e. The molecule has 0 spiro atoms. The summed E-state index contributed by atoms with van der Waals surface area (Å²) in [7, 11) is 0. The molecule has 4 fully saturated rings. The van der Waals surface area contributed by atoms with Gasteiger partial charge in [0.25, 0.3) is 0 Å². The first-order valence-corrected chi connectivity index (χ1v) is 12.6. The van der Waals surface area contributed by atoms with E-state index in [1.54, 1.807) is 0 Å². The van der Waals surface area contributed by atoms with E-state index in [1.165, 1.54) is 0 Å². The first kappa shape index (κ1) is 23.1. The van der Waals surface area contributed by atoms with Crippen molar-refractivity contribution in [1.29, 1.82) is 21.0 Å². The van der Waals surface area contributed by atoms with Crippen LogP contribution in [-0.2, 0) is 0 Å². The molecule has 0 aromatic heterocycles. The minimum absolute atomic E-state index is 0.0901. The third-order valence-electron chi connectivity index (χ3n) is 10.3. The first-order chi connectivity index (χ1) is 15.0. The van der Waals surface area contributed by atoms with Gasteiger partial charge in [0.1, 0.15) is 0 Å². The minimum atomic E-state index is -0.253. The van der Waals surface area contributed by atoms with Crippen LogP contribution in [0.2, 0.25) is 0 Å². The summed E-state index contributed by atoms with van der Waals surface area (Å²) >= 11 is 0. The maximum atomic E-state index is 10.3. The Hall–Kier alpha value is -2.04. The van der Waals surface area contributed by atoms with Gasteiger partial charge in [-0.2, -0.15) is 21.0 Å². The summed E-state index contributed by atoms with van der Waals surface area (Å²) in [5, 5.41) is 41.2. The van der Waals surface area contributed by atoms with Crippen molar-refractivity contribution < 1.29 is 0 Å². The average molecular weight is 431 g/mol. The number of nitriles is 4. The molecule has 4 heteroatoms. The average Bonchev–Trinajstić information content (AvgIpc) is 2.73. The van der Waals surface area contributed by atoms with Crippen LogP contribution in [0, 0.1) is 127 Å². The number of hydrogen-bond acceptors (Lipinski definition) is 4. The van der Waals surface area contributed by atoms with E-state index in [-0.39, 0.29) is 58.2 Å². The molecule has 0 aliphatic heterocycles. The van der Waals surface area contributed by atoms with Crippen LogP contribution in [0.15, 0.2) is 0 Å². The molecule has 0 radical (unpaired) electrons. The van der Waals surface area contributed by atoms with Gasteiger partial charge in [-0.15, -0.1) is 0 Å². The lowest BCUT2D eigenvalue weighted by atomic mass is 9.37. The number of nitrogens with zero attached hydrogens (tertiary/aromatic N) is 4. The Bertz CT molecular complexity index is 774. The van der Waals surface area contributed by atoms with Gasteiger partial charge in [0.2, 0.25) is 0 Å². The Labute approximate surface area is 194 Å². The van der Waals surface area contributed by atoms with Gasteiger partial charge in [0, 0.05) is 0 Å². The van der Waals surface area contributed by atoms with Gasteiger partial charge >= 0.3 is 0 Å². The molecule has 0 bridgehead atoms. The molecule has 0 aromatic carbocycles. The standard InChI is InChI=1S/C28H38N4/c1-27(2,3)15-7-17-21(11-29)23(13-31)19-9-16(28(4,5)6)10-20-24(14-32)22(12-30)18(8-15)25(17)26(19)20/h15-26H,7-10H2,1-6H3. The summed E-state index contributed by atoms with van der Waals surface area (Å²) in [5.74, 6) is 1.16. The van der Waals surface area contributed by atoms with Gasteiger partial charge in [0.15, 0.2) is 0 Å². The Balaban J connectivity index is 1.87. The van der Waals surface area contributed by atoms with Crippen LogP contribution < -0.4 is 0 Å². The molecule has 0 heterocycles. The molecule has 8 atom stereocenters. The fraction of sp³-hybridized carbons (Fsp3) is 0.857. The van der Waals surface area contributed by atoms with Crippen molar-refractivity contribution >= 4 is 0 Å². The Morgan fingerprint density at radius 3 is 0.844 bits per heavy atom. The number of hydrogen-bond donors (Lipinski definition) is 0. The third-order valence-corrected chi connectivity index (χ3v) is 10.3. The van der Waals surface area contributed by atoms with Crippen LogP contribution in [0.3, 0.4) is 0 Å². The molecule has 0 aromatic rings. The van der Waals surface area contributed by atoms with Crippen LogP contribution in [0.4, 0.5) is 0 Å². The smallest absolute Gasteiger partial charge is 0.0672 e. The van der Waals surface area contributed by atoms with Crippen molar-refractivity contribution in [1.82, 2.24) is 0 Å². The highest BCUT2D eigenvalue weighted by molar-refractivity contribution is 5.22. The summed E-state index contributed by atoms with van der Waals surface area (Å²) in [6.07, 6.45) is 3.92. The first-order valence-electron chi connectivity index (χ1n) is 12.6. The monoisotopic (exact) mass is 430 g/mol. The molecule has 4 aliphatic rings. The van der Waals surface area contributed by atoms with Gasteiger partial charge < -0.3 is 0 Å². The molecule has 170 valence electrons. The van der Waals surface area contributed by atoms with Crippen molar-refractivity contribution in [2.45, 2.75) is 67.2 Å². The SMILES string of the molecule is CC(C)(C)C1CC2C(C#N)C(C#N)C3CC(C(C)(C)C)CC4C(C#N)C(C#N)C(C1)C2C34. The maximum absolute atomic E-state index is 10.3. The fourth-order valence-corrected chi connectivity index (χ4v) is 8.64. The molecule has 8 unspecified atom stereocenters. The van der Waals surface area contributed by atoms with Crippen LogP contribution in [-0.4, -0.2) is 0 Å². The third kappa shape index (κ3) is 3.34. The summed E-state index contributed by atoms with van der Waals surface area (Å²) in [4.78, 5) is 0. The Kier molecular flexibility index (Phi) is 5.62. The van der Waals surface area contributed by atoms with E-state index in [9.17, 15) is 21.0 Å². The molecule has 0 amide bonds.